The molecule has 0 saturated heterocycles. The van der Waals surface area contributed by atoms with Gasteiger partial charge in [-0.3, -0.25) is 5.10 Å². The Balaban J connectivity index is 1.88. The summed E-state index contributed by atoms with van der Waals surface area (Å²) in [5.41, 5.74) is 4.08. The van der Waals surface area contributed by atoms with E-state index in [9.17, 15) is 0 Å². The van der Waals surface area contributed by atoms with Crippen molar-refractivity contribution in [1.82, 2.24) is 20.2 Å². The molecule has 0 atom stereocenters. The molecule has 0 aliphatic carbocycles. The highest BCUT2D eigenvalue weighted by Gasteiger charge is 2.19. The normalized spacial score (nSPS) is 11.8. The summed E-state index contributed by atoms with van der Waals surface area (Å²) in [5.74, 6) is 1.28. The largest absolute Gasteiger partial charge is 0.436 e. The van der Waals surface area contributed by atoms with Crippen LogP contribution in [0.1, 0.15) is 20.8 Å². The number of benzene rings is 1. The number of nitrogens with one attached hydrogen (secondary N) is 2. The molecule has 0 spiro atoms. The van der Waals surface area contributed by atoms with Gasteiger partial charge in [-0.15, -0.1) is 0 Å². The molecule has 0 fully saturated rings. The van der Waals surface area contributed by atoms with Gasteiger partial charge in [0.1, 0.15) is 11.3 Å². The van der Waals surface area contributed by atoms with Crippen molar-refractivity contribution < 1.29 is 4.42 Å². The molecular formula is C19H19N5O. The molecule has 4 rings (SSSR count). The van der Waals surface area contributed by atoms with Gasteiger partial charge < -0.3 is 9.73 Å². The van der Waals surface area contributed by atoms with Crippen LogP contribution in [0.15, 0.2) is 53.2 Å². The zero-order valence-electron chi connectivity index (χ0n) is 14.4. The maximum atomic E-state index is 5.96. The predicted molar refractivity (Wildman–Crippen MR) is 98.2 cm³/mol. The molecule has 0 bridgehead atoms. The first-order chi connectivity index (χ1) is 12.0. The minimum atomic E-state index is -0.136. The van der Waals surface area contributed by atoms with E-state index in [1.54, 1.807) is 6.20 Å². The summed E-state index contributed by atoms with van der Waals surface area (Å²) in [6.45, 7) is 6.27. The van der Waals surface area contributed by atoms with Gasteiger partial charge in [0.2, 0.25) is 5.89 Å². The summed E-state index contributed by atoms with van der Waals surface area (Å²) in [6.07, 6.45) is 3.53. The van der Waals surface area contributed by atoms with Crippen LogP contribution in [-0.4, -0.2) is 25.7 Å². The lowest BCUT2D eigenvalue weighted by atomic mass is 10.1. The Morgan fingerprint density at radius 1 is 1.12 bits per heavy atom. The number of fused-ring (bicyclic) bond motifs is 1. The molecule has 0 aliphatic heterocycles. The van der Waals surface area contributed by atoms with Crippen LogP contribution in [0.2, 0.25) is 0 Å². The van der Waals surface area contributed by atoms with Crippen LogP contribution in [0.5, 0.6) is 0 Å². The number of aromatic amines is 1. The summed E-state index contributed by atoms with van der Waals surface area (Å²) < 4.78 is 5.96. The van der Waals surface area contributed by atoms with Gasteiger partial charge in [0.25, 0.3) is 0 Å². The molecule has 1 aromatic carbocycles. The number of hydrogen-bond donors (Lipinski definition) is 2. The van der Waals surface area contributed by atoms with E-state index >= 15 is 0 Å². The van der Waals surface area contributed by atoms with Gasteiger partial charge in [0.15, 0.2) is 5.58 Å². The van der Waals surface area contributed by atoms with Gasteiger partial charge in [-0.2, -0.15) is 5.10 Å². The van der Waals surface area contributed by atoms with E-state index in [0.717, 1.165) is 33.7 Å². The smallest absolute Gasteiger partial charge is 0.231 e. The highest BCUT2D eigenvalue weighted by Crippen LogP contribution is 2.33. The van der Waals surface area contributed by atoms with Crippen molar-refractivity contribution in [1.29, 1.82) is 0 Å². The number of para-hydroxylation sites is 2. The Morgan fingerprint density at radius 3 is 2.68 bits per heavy atom. The molecular weight excluding hydrogens is 314 g/mol. The van der Waals surface area contributed by atoms with E-state index < -0.39 is 0 Å². The molecule has 2 N–H and O–H groups in total. The Morgan fingerprint density at radius 2 is 1.96 bits per heavy atom. The Hall–Kier alpha value is -3.15. The van der Waals surface area contributed by atoms with Crippen LogP contribution in [0, 0.1) is 0 Å². The molecule has 3 aromatic heterocycles. The molecule has 6 heteroatoms. The average Bonchev–Trinajstić information content (AvgIpc) is 3.23. The number of pyridine rings is 1. The van der Waals surface area contributed by atoms with Crippen LogP contribution in [0.4, 0.5) is 5.82 Å². The molecule has 0 radical (unpaired) electrons. The predicted octanol–water partition coefficient (Wildman–Crippen LogP) is 4.49. The van der Waals surface area contributed by atoms with Crippen LogP contribution in [0.25, 0.3) is 33.8 Å². The second kappa shape index (κ2) is 5.73. The minimum absolute atomic E-state index is 0.136. The van der Waals surface area contributed by atoms with Crippen molar-refractivity contribution in [3.63, 3.8) is 0 Å². The first kappa shape index (κ1) is 15.4. The van der Waals surface area contributed by atoms with E-state index in [1.807, 2.05) is 42.6 Å². The Labute approximate surface area is 145 Å². The fourth-order valence-corrected chi connectivity index (χ4v) is 2.63. The quantitative estimate of drug-likeness (QED) is 0.577. The third kappa shape index (κ3) is 3.10. The zero-order chi connectivity index (χ0) is 17.4. The van der Waals surface area contributed by atoms with Crippen LogP contribution >= 0.6 is 0 Å². The van der Waals surface area contributed by atoms with Crippen molar-refractivity contribution in [2.75, 3.05) is 5.32 Å². The SMILES string of the molecule is CC(C)(C)Nc1ncc(-c2ccn[nH]2)cc1-c1nc2ccccc2o1. The maximum Gasteiger partial charge on any atom is 0.231 e. The van der Waals surface area contributed by atoms with Gasteiger partial charge in [-0.25, -0.2) is 9.97 Å². The molecule has 3 heterocycles. The number of nitrogens with zero attached hydrogens (tertiary/aromatic N) is 3. The Bertz CT molecular complexity index is 979. The summed E-state index contributed by atoms with van der Waals surface area (Å²) in [6, 6.07) is 11.6. The fraction of sp³-hybridized carbons (Fsp3) is 0.211. The Kier molecular flexibility index (Phi) is 3.53. The average molecular weight is 333 g/mol. The van der Waals surface area contributed by atoms with Crippen molar-refractivity contribution in [3.8, 4) is 22.7 Å². The molecule has 0 saturated carbocycles. The van der Waals surface area contributed by atoms with Gasteiger partial charge in [-0.05, 0) is 45.0 Å². The van der Waals surface area contributed by atoms with Gasteiger partial charge in [0, 0.05) is 23.5 Å². The molecule has 0 unspecified atom stereocenters. The first-order valence-corrected chi connectivity index (χ1v) is 8.13. The van der Waals surface area contributed by atoms with Crippen molar-refractivity contribution in [2.24, 2.45) is 0 Å². The van der Waals surface area contributed by atoms with Gasteiger partial charge >= 0.3 is 0 Å². The maximum absolute atomic E-state index is 5.96. The fourth-order valence-electron chi connectivity index (χ4n) is 2.63. The summed E-state index contributed by atoms with van der Waals surface area (Å²) in [5, 5.41) is 10.4. The van der Waals surface area contributed by atoms with Crippen LogP contribution in [0.3, 0.4) is 0 Å². The topological polar surface area (TPSA) is 79.6 Å². The highest BCUT2D eigenvalue weighted by atomic mass is 16.3. The van der Waals surface area contributed by atoms with E-state index in [0.29, 0.717) is 5.89 Å². The lowest BCUT2D eigenvalue weighted by Gasteiger charge is -2.22. The number of H-pyrrole nitrogens is 1. The minimum Gasteiger partial charge on any atom is -0.436 e. The summed E-state index contributed by atoms with van der Waals surface area (Å²) in [4.78, 5) is 9.23. The summed E-state index contributed by atoms with van der Waals surface area (Å²) >= 11 is 0. The van der Waals surface area contributed by atoms with Crippen molar-refractivity contribution in [3.05, 3.63) is 48.8 Å². The number of aromatic nitrogens is 4. The number of rotatable bonds is 3. The molecule has 6 nitrogen and oxygen atoms in total. The van der Waals surface area contributed by atoms with Crippen LogP contribution in [-0.2, 0) is 0 Å². The number of hydrogen-bond acceptors (Lipinski definition) is 5. The van der Waals surface area contributed by atoms with Crippen LogP contribution < -0.4 is 5.32 Å². The zero-order valence-corrected chi connectivity index (χ0v) is 14.4. The third-order valence-electron chi connectivity index (χ3n) is 3.72. The van der Waals surface area contributed by atoms with Gasteiger partial charge in [-0.1, -0.05) is 12.1 Å². The highest BCUT2D eigenvalue weighted by molar-refractivity contribution is 5.81. The summed E-state index contributed by atoms with van der Waals surface area (Å²) in [7, 11) is 0. The molecule has 4 aromatic rings. The van der Waals surface area contributed by atoms with E-state index in [1.165, 1.54) is 0 Å². The lowest BCUT2D eigenvalue weighted by molar-refractivity contribution is 0.614. The second-order valence-electron chi connectivity index (χ2n) is 6.95. The monoisotopic (exact) mass is 333 g/mol. The van der Waals surface area contributed by atoms with Gasteiger partial charge in [0.05, 0.1) is 11.3 Å². The van der Waals surface area contributed by atoms with Crippen molar-refractivity contribution >= 4 is 16.9 Å². The molecule has 0 amide bonds. The van der Waals surface area contributed by atoms with Crippen molar-refractivity contribution in [2.45, 2.75) is 26.3 Å². The second-order valence-corrected chi connectivity index (χ2v) is 6.95. The number of anilines is 1. The van der Waals surface area contributed by atoms with E-state index in [-0.39, 0.29) is 5.54 Å². The lowest BCUT2D eigenvalue weighted by Crippen LogP contribution is -2.27. The molecule has 25 heavy (non-hydrogen) atoms. The number of oxazole rings is 1. The molecule has 0 aliphatic rings. The van der Waals surface area contributed by atoms with E-state index in [2.05, 4.69) is 46.3 Å². The standard InChI is InChI=1S/C19H19N5O/c1-19(2,3)23-17-13(10-12(11-20-17)14-8-9-21-24-14)18-22-15-6-4-5-7-16(15)25-18/h4-11H,1-3H3,(H,20,23)(H,21,24). The molecule has 126 valence electrons. The third-order valence-corrected chi connectivity index (χ3v) is 3.72. The first-order valence-electron chi connectivity index (χ1n) is 8.13. The van der Waals surface area contributed by atoms with E-state index in [4.69, 9.17) is 4.42 Å².